The molecular weight excluding hydrogens is 320 g/mol. The Morgan fingerprint density at radius 2 is 1.81 bits per heavy atom. The Morgan fingerprint density at radius 1 is 1.00 bits per heavy atom. The van der Waals surface area contributed by atoms with Crippen molar-refractivity contribution in [2.75, 3.05) is 26.2 Å². The molecule has 1 heterocycles. The Labute approximate surface area is 158 Å². The van der Waals surface area contributed by atoms with Gasteiger partial charge in [0.25, 0.3) is 0 Å². The molecule has 0 bridgehead atoms. The van der Waals surface area contributed by atoms with E-state index >= 15 is 0 Å². The van der Waals surface area contributed by atoms with E-state index in [1.807, 2.05) is 6.07 Å². The van der Waals surface area contributed by atoms with E-state index in [2.05, 4.69) is 65.7 Å². The molecule has 1 N–H and O–H groups in total. The van der Waals surface area contributed by atoms with Crippen LogP contribution in [0.5, 0.6) is 5.75 Å². The third kappa shape index (κ3) is 5.58. The SMILES string of the molecule is CCCCC(c1ccc(OCc2ccccc2)cc1)N1CCCNCC1. The Balaban J connectivity index is 1.64. The first-order valence-corrected chi connectivity index (χ1v) is 10.1. The van der Waals surface area contributed by atoms with Crippen LogP contribution in [0.4, 0.5) is 0 Å². The number of hydrogen-bond donors (Lipinski definition) is 1. The van der Waals surface area contributed by atoms with E-state index in [4.69, 9.17) is 4.74 Å². The molecular formula is C23H32N2O. The maximum atomic E-state index is 5.95. The topological polar surface area (TPSA) is 24.5 Å². The highest BCUT2D eigenvalue weighted by molar-refractivity contribution is 5.30. The Kier molecular flexibility index (Phi) is 7.53. The van der Waals surface area contributed by atoms with Crippen molar-refractivity contribution < 1.29 is 4.74 Å². The molecule has 140 valence electrons. The molecule has 0 aromatic heterocycles. The van der Waals surface area contributed by atoms with Gasteiger partial charge in [0.15, 0.2) is 0 Å². The highest BCUT2D eigenvalue weighted by Gasteiger charge is 2.20. The first-order valence-electron chi connectivity index (χ1n) is 10.1. The van der Waals surface area contributed by atoms with E-state index in [0.717, 1.165) is 25.4 Å². The number of benzene rings is 2. The molecule has 3 nitrogen and oxygen atoms in total. The zero-order valence-corrected chi connectivity index (χ0v) is 16.0. The summed E-state index contributed by atoms with van der Waals surface area (Å²) in [7, 11) is 0. The second kappa shape index (κ2) is 10.3. The summed E-state index contributed by atoms with van der Waals surface area (Å²) in [6, 6.07) is 19.7. The van der Waals surface area contributed by atoms with Crippen LogP contribution in [0.15, 0.2) is 54.6 Å². The monoisotopic (exact) mass is 352 g/mol. The maximum Gasteiger partial charge on any atom is 0.119 e. The van der Waals surface area contributed by atoms with E-state index in [-0.39, 0.29) is 0 Å². The normalized spacial score (nSPS) is 16.8. The average molecular weight is 353 g/mol. The number of nitrogens with zero attached hydrogens (tertiary/aromatic N) is 1. The first kappa shape index (κ1) is 18.9. The van der Waals surface area contributed by atoms with E-state index in [1.165, 1.54) is 43.4 Å². The predicted octanol–water partition coefficient (Wildman–Crippen LogP) is 4.79. The summed E-state index contributed by atoms with van der Waals surface area (Å²) in [5, 5.41) is 3.52. The Morgan fingerprint density at radius 3 is 2.58 bits per heavy atom. The molecule has 1 fully saturated rings. The smallest absolute Gasteiger partial charge is 0.119 e. The van der Waals surface area contributed by atoms with Gasteiger partial charge in [-0.3, -0.25) is 4.90 Å². The fourth-order valence-electron chi connectivity index (χ4n) is 3.66. The van der Waals surface area contributed by atoms with Crippen LogP contribution in [-0.2, 0) is 6.61 Å². The molecule has 1 saturated heterocycles. The van der Waals surface area contributed by atoms with Crippen molar-refractivity contribution in [1.29, 1.82) is 0 Å². The average Bonchev–Trinajstić information content (AvgIpc) is 2.98. The summed E-state index contributed by atoms with van der Waals surface area (Å²) in [6.45, 7) is 7.47. The van der Waals surface area contributed by atoms with Crippen LogP contribution in [0.25, 0.3) is 0 Å². The number of unbranched alkanes of at least 4 members (excludes halogenated alkanes) is 1. The van der Waals surface area contributed by atoms with Gasteiger partial charge in [-0.05, 0) is 42.6 Å². The van der Waals surface area contributed by atoms with Gasteiger partial charge in [0, 0.05) is 25.7 Å². The van der Waals surface area contributed by atoms with Crippen molar-refractivity contribution in [1.82, 2.24) is 10.2 Å². The molecule has 1 aliphatic rings. The molecule has 0 radical (unpaired) electrons. The van der Waals surface area contributed by atoms with Gasteiger partial charge in [0.05, 0.1) is 0 Å². The van der Waals surface area contributed by atoms with Crippen LogP contribution >= 0.6 is 0 Å². The lowest BCUT2D eigenvalue weighted by Gasteiger charge is -2.31. The van der Waals surface area contributed by atoms with E-state index in [1.54, 1.807) is 0 Å². The number of nitrogens with one attached hydrogen (secondary N) is 1. The summed E-state index contributed by atoms with van der Waals surface area (Å²) >= 11 is 0. The van der Waals surface area contributed by atoms with Crippen LogP contribution < -0.4 is 10.1 Å². The molecule has 26 heavy (non-hydrogen) atoms. The Bertz CT molecular complexity index is 618. The molecule has 1 unspecified atom stereocenters. The van der Waals surface area contributed by atoms with Crippen molar-refractivity contribution in [3.63, 3.8) is 0 Å². The molecule has 1 atom stereocenters. The quantitative estimate of drug-likeness (QED) is 0.739. The van der Waals surface area contributed by atoms with E-state index in [9.17, 15) is 0 Å². The summed E-state index contributed by atoms with van der Waals surface area (Å²) < 4.78 is 5.95. The molecule has 1 aliphatic heterocycles. The van der Waals surface area contributed by atoms with Crippen molar-refractivity contribution in [3.8, 4) is 5.75 Å². The molecule has 3 heteroatoms. The van der Waals surface area contributed by atoms with Crippen LogP contribution in [0, 0.1) is 0 Å². The van der Waals surface area contributed by atoms with Crippen LogP contribution in [0.1, 0.15) is 49.8 Å². The van der Waals surface area contributed by atoms with Crippen molar-refractivity contribution in [3.05, 3.63) is 65.7 Å². The van der Waals surface area contributed by atoms with Gasteiger partial charge in [0.1, 0.15) is 12.4 Å². The van der Waals surface area contributed by atoms with Gasteiger partial charge in [0.2, 0.25) is 0 Å². The van der Waals surface area contributed by atoms with Crippen molar-refractivity contribution >= 4 is 0 Å². The Hall–Kier alpha value is -1.84. The summed E-state index contributed by atoms with van der Waals surface area (Å²) in [4.78, 5) is 2.66. The number of rotatable bonds is 8. The minimum Gasteiger partial charge on any atom is -0.489 e. The lowest BCUT2D eigenvalue weighted by atomic mass is 9.99. The second-order valence-electron chi connectivity index (χ2n) is 7.14. The van der Waals surface area contributed by atoms with Crippen LogP contribution in [0.2, 0.25) is 0 Å². The molecule has 2 aromatic rings. The third-order valence-electron chi connectivity index (χ3n) is 5.16. The fraction of sp³-hybridized carbons (Fsp3) is 0.478. The van der Waals surface area contributed by atoms with Gasteiger partial charge in [-0.1, -0.05) is 62.2 Å². The number of hydrogen-bond acceptors (Lipinski definition) is 3. The van der Waals surface area contributed by atoms with Gasteiger partial charge in [-0.25, -0.2) is 0 Å². The zero-order chi connectivity index (χ0) is 18.0. The molecule has 0 saturated carbocycles. The lowest BCUT2D eigenvalue weighted by Crippen LogP contribution is -2.32. The molecule has 0 amide bonds. The highest BCUT2D eigenvalue weighted by Crippen LogP contribution is 2.28. The highest BCUT2D eigenvalue weighted by atomic mass is 16.5. The van der Waals surface area contributed by atoms with Crippen molar-refractivity contribution in [2.45, 2.75) is 45.3 Å². The molecule has 0 aliphatic carbocycles. The standard InChI is InChI=1S/C23H32N2O/c1-2-3-10-23(25-17-7-15-24-16-18-25)21-11-13-22(14-12-21)26-19-20-8-5-4-6-9-20/h4-6,8-9,11-14,23-24H,2-3,7,10,15-19H2,1H3. The molecule has 0 spiro atoms. The third-order valence-corrected chi connectivity index (χ3v) is 5.16. The van der Waals surface area contributed by atoms with E-state index in [0.29, 0.717) is 12.6 Å². The maximum absolute atomic E-state index is 5.95. The van der Waals surface area contributed by atoms with Gasteiger partial charge in [-0.2, -0.15) is 0 Å². The van der Waals surface area contributed by atoms with Gasteiger partial charge >= 0.3 is 0 Å². The molecule has 2 aromatic carbocycles. The minimum atomic E-state index is 0.526. The van der Waals surface area contributed by atoms with Crippen molar-refractivity contribution in [2.24, 2.45) is 0 Å². The molecule has 3 rings (SSSR count). The van der Waals surface area contributed by atoms with Crippen LogP contribution in [0.3, 0.4) is 0 Å². The zero-order valence-electron chi connectivity index (χ0n) is 16.0. The number of ether oxygens (including phenoxy) is 1. The summed E-state index contributed by atoms with van der Waals surface area (Å²) in [5.74, 6) is 0.948. The lowest BCUT2D eigenvalue weighted by molar-refractivity contribution is 0.197. The van der Waals surface area contributed by atoms with Gasteiger partial charge in [-0.15, -0.1) is 0 Å². The summed E-state index contributed by atoms with van der Waals surface area (Å²) in [5.41, 5.74) is 2.63. The largest absolute Gasteiger partial charge is 0.489 e. The fourth-order valence-corrected chi connectivity index (χ4v) is 3.66. The summed E-state index contributed by atoms with van der Waals surface area (Å²) in [6.07, 6.45) is 5.00. The predicted molar refractivity (Wildman–Crippen MR) is 109 cm³/mol. The second-order valence-corrected chi connectivity index (χ2v) is 7.14. The first-order chi connectivity index (χ1) is 12.9. The van der Waals surface area contributed by atoms with E-state index < -0.39 is 0 Å². The van der Waals surface area contributed by atoms with Crippen LogP contribution in [-0.4, -0.2) is 31.1 Å². The van der Waals surface area contributed by atoms with Gasteiger partial charge < -0.3 is 10.1 Å². The minimum absolute atomic E-state index is 0.526.